The molecule has 7 heteroatoms. The third-order valence-corrected chi connectivity index (χ3v) is 8.87. The molecule has 0 aliphatic carbocycles. The van der Waals surface area contributed by atoms with Crippen LogP contribution in [0.5, 0.6) is 11.5 Å². The van der Waals surface area contributed by atoms with Crippen LogP contribution in [-0.2, 0) is 24.4 Å². The number of hydrogen-bond acceptors (Lipinski definition) is 5. The molecule has 5 rings (SSSR count). The van der Waals surface area contributed by atoms with Crippen molar-refractivity contribution in [3.05, 3.63) is 112 Å². The summed E-state index contributed by atoms with van der Waals surface area (Å²) >= 11 is 7.90. The Morgan fingerprint density at radius 1 is 1.07 bits per heavy atom. The molecule has 1 aliphatic rings. The van der Waals surface area contributed by atoms with E-state index in [4.69, 9.17) is 21.1 Å². The van der Waals surface area contributed by atoms with E-state index in [0.29, 0.717) is 34.0 Å². The average molecular weight is 616 g/mol. The summed E-state index contributed by atoms with van der Waals surface area (Å²) in [6.45, 7) is 13.2. The summed E-state index contributed by atoms with van der Waals surface area (Å²) in [5, 5.41) is 0.550. The molecule has 0 saturated carbocycles. The lowest BCUT2D eigenvalue weighted by Crippen LogP contribution is -2.33. The number of hydrogen-bond donors (Lipinski definition) is 0. The van der Waals surface area contributed by atoms with Gasteiger partial charge in [-0.2, -0.15) is 0 Å². The molecule has 0 spiro atoms. The average Bonchev–Trinajstić information content (AvgIpc) is 3.21. The smallest absolute Gasteiger partial charge is 0.269 e. The van der Waals surface area contributed by atoms with Gasteiger partial charge in [0.25, 0.3) is 5.56 Å². The van der Waals surface area contributed by atoms with Crippen molar-refractivity contribution in [3.8, 4) is 11.5 Å². The van der Waals surface area contributed by atoms with Crippen LogP contribution in [0, 0.1) is 26.2 Å². The molecule has 0 fully saturated rings. The Morgan fingerprint density at radius 3 is 2.51 bits per heavy atom. The fourth-order valence-electron chi connectivity index (χ4n) is 5.30. The second kappa shape index (κ2) is 12.6. The predicted molar refractivity (Wildman–Crippen MR) is 176 cm³/mol. The summed E-state index contributed by atoms with van der Waals surface area (Å²) in [6.07, 6.45) is 5.31. The van der Waals surface area contributed by atoms with Crippen LogP contribution >= 0.6 is 22.9 Å². The monoisotopic (exact) mass is 615 g/mol. The van der Waals surface area contributed by atoms with Crippen LogP contribution in [0.1, 0.15) is 66.1 Å². The minimum atomic E-state index is -0.566. The van der Waals surface area contributed by atoms with Crippen LogP contribution in [-0.4, -0.2) is 17.0 Å². The molecule has 5 nitrogen and oxygen atoms in total. The number of benzene rings is 3. The number of ketones is 1. The fourth-order valence-corrected chi connectivity index (χ4v) is 6.65. The highest BCUT2D eigenvalue weighted by Gasteiger charge is 2.20. The van der Waals surface area contributed by atoms with Crippen molar-refractivity contribution >= 4 is 40.9 Å². The van der Waals surface area contributed by atoms with Crippen molar-refractivity contribution in [1.82, 2.24) is 4.57 Å². The molecule has 3 aromatic carbocycles. The minimum absolute atomic E-state index is 0.0345. The van der Waals surface area contributed by atoms with Crippen molar-refractivity contribution in [1.29, 1.82) is 0 Å². The van der Waals surface area contributed by atoms with Crippen LogP contribution in [0.25, 0.3) is 12.2 Å². The molecule has 4 aromatic rings. The maximum Gasteiger partial charge on any atom is 0.269 e. The highest BCUT2D eigenvalue weighted by Crippen LogP contribution is 2.34. The van der Waals surface area contributed by atoms with Crippen molar-refractivity contribution < 1.29 is 14.3 Å². The zero-order chi connectivity index (χ0) is 30.9. The molecule has 1 aliphatic heterocycles. The number of ether oxygens (including phenoxy) is 2. The molecule has 0 radical (unpaired) electrons. The molecular weight excluding hydrogens is 578 g/mol. The van der Waals surface area contributed by atoms with Gasteiger partial charge in [0.2, 0.25) is 0 Å². The first-order valence-electron chi connectivity index (χ1n) is 14.6. The molecular formula is C36H38ClNO4S. The van der Waals surface area contributed by atoms with Gasteiger partial charge >= 0.3 is 0 Å². The highest BCUT2D eigenvalue weighted by molar-refractivity contribution is 7.07. The van der Waals surface area contributed by atoms with Gasteiger partial charge in [0, 0.05) is 11.5 Å². The number of halogens is 1. The van der Waals surface area contributed by atoms with Crippen LogP contribution in [0.2, 0.25) is 5.02 Å². The number of carbonyl (C=O) groups is 1. The quantitative estimate of drug-likeness (QED) is 0.233. The molecule has 224 valence electrons. The van der Waals surface area contributed by atoms with Crippen LogP contribution in [0.4, 0.5) is 0 Å². The van der Waals surface area contributed by atoms with Crippen LogP contribution in [0.15, 0.2) is 53.3 Å². The summed E-state index contributed by atoms with van der Waals surface area (Å²) in [5.41, 5.74) is 6.47. The normalized spacial score (nSPS) is 14.0. The Balaban J connectivity index is 1.53. The summed E-state index contributed by atoms with van der Waals surface area (Å²) < 4.78 is 14.8. The number of aromatic nitrogens is 1. The fraction of sp³-hybridized carbons (Fsp3) is 0.333. The zero-order valence-corrected chi connectivity index (χ0v) is 27.2. The number of aryl methyl sites for hydroxylation is 4. The van der Waals surface area contributed by atoms with Crippen LogP contribution in [0.3, 0.4) is 0 Å². The Bertz CT molecular complexity index is 1850. The molecule has 2 heterocycles. The Hall–Kier alpha value is -3.61. The van der Waals surface area contributed by atoms with Crippen LogP contribution < -0.4 is 24.2 Å². The Kier molecular flexibility index (Phi) is 9.00. The van der Waals surface area contributed by atoms with E-state index in [9.17, 15) is 9.59 Å². The van der Waals surface area contributed by atoms with Gasteiger partial charge in [-0.15, -0.1) is 11.3 Å². The summed E-state index contributed by atoms with van der Waals surface area (Å²) in [4.78, 5) is 26.9. The minimum Gasteiger partial charge on any atom is -0.492 e. The number of rotatable bonds is 7. The van der Waals surface area contributed by atoms with E-state index < -0.39 is 5.41 Å². The number of nitrogens with zero attached hydrogens (tertiary/aromatic N) is 1. The largest absolute Gasteiger partial charge is 0.492 e. The van der Waals surface area contributed by atoms with Crippen molar-refractivity contribution in [3.63, 3.8) is 0 Å². The number of fused-ring (bicyclic) bond motifs is 1. The van der Waals surface area contributed by atoms with E-state index in [1.54, 1.807) is 10.6 Å². The summed E-state index contributed by atoms with van der Waals surface area (Å²) in [6, 6.07) is 16.3. The van der Waals surface area contributed by atoms with Gasteiger partial charge in [-0.05, 0) is 91.3 Å². The third-order valence-electron chi connectivity index (χ3n) is 7.53. The van der Waals surface area contributed by atoms with E-state index >= 15 is 0 Å². The van der Waals surface area contributed by atoms with E-state index in [2.05, 4.69) is 31.2 Å². The zero-order valence-electron chi connectivity index (χ0n) is 25.7. The first-order valence-corrected chi connectivity index (χ1v) is 15.8. The molecule has 0 amide bonds. The first kappa shape index (κ1) is 30.8. The first-order chi connectivity index (χ1) is 20.4. The van der Waals surface area contributed by atoms with E-state index in [1.165, 1.54) is 16.9 Å². The predicted octanol–water partition coefficient (Wildman–Crippen LogP) is 6.67. The van der Waals surface area contributed by atoms with E-state index in [-0.39, 0.29) is 11.3 Å². The molecule has 0 unspecified atom stereocenters. The summed E-state index contributed by atoms with van der Waals surface area (Å²) in [7, 11) is 0. The topological polar surface area (TPSA) is 57.5 Å². The molecule has 1 aromatic heterocycles. The third kappa shape index (κ3) is 7.14. The second-order valence-corrected chi connectivity index (χ2v) is 13.8. The number of thiazole rings is 1. The maximum atomic E-state index is 13.9. The Morgan fingerprint density at radius 2 is 1.81 bits per heavy atom. The number of carbonyl (C=O) groups excluding carboxylic acids is 1. The van der Waals surface area contributed by atoms with E-state index in [0.717, 1.165) is 57.7 Å². The SMILES string of the molecule is Cc1cccc(COc2c(C)cc(/C=c3/s/c(=C/C(=O)C(C)(C)C)n(Cc4cc(Cl)c5c(c4)CCCO5)c3=O)cc2C)c1. The molecule has 0 N–H and O–H groups in total. The Labute approximate surface area is 262 Å². The van der Waals surface area contributed by atoms with Crippen molar-refractivity contribution in [2.75, 3.05) is 6.61 Å². The lowest BCUT2D eigenvalue weighted by Gasteiger charge is -2.19. The lowest BCUT2D eigenvalue weighted by atomic mass is 9.91. The van der Waals surface area contributed by atoms with Gasteiger partial charge in [-0.3, -0.25) is 14.2 Å². The highest BCUT2D eigenvalue weighted by atomic mass is 35.5. The molecule has 0 saturated heterocycles. The number of Topliss-reactive ketones (excluding diaryl/α,β-unsaturated/α-hetero) is 1. The van der Waals surface area contributed by atoms with Gasteiger partial charge in [-0.25, -0.2) is 0 Å². The van der Waals surface area contributed by atoms with Crippen molar-refractivity contribution in [2.24, 2.45) is 5.41 Å². The molecule has 0 bridgehead atoms. The van der Waals surface area contributed by atoms with Gasteiger partial charge in [0.05, 0.1) is 22.7 Å². The van der Waals surface area contributed by atoms with E-state index in [1.807, 2.05) is 65.0 Å². The standard InChI is InChI=1S/C36H38ClNO4S/c1-22-9-7-10-25(13-22)21-42-33-23(2)14-26(15-24(33)3)18-30-35(40)38(32(43-30)19-31(39)36(4,5)6)20-27-16-28-11-8-12-41-34(28)29(37)17-27/h7,9-10,13-19H,8,11-12,20-21H2,1-6H3/b30-18+,32-19+. The lowest BCUT2D eigenvalue weighted by molar-refractivity contribution is -0.120. The molecule has 43 heavy (non-hydrogen) atoms. The van der Waals surface area contributed by atoms with Gasteiger partial charge in [0.15, 0.2) is 5.78 Å². The van der Waals surface area contributed by atoms with Gasteiger partial charge in [-0.1, -0.05) is 68.3 Å². The summed E-state index contributed by atoms with van der Waals surface area (Å²) in [5.74, 6) is 1.54. The molecule has 0 atom stereocenters. The van der Waals surface area contributed by atoms with Gasteiger partial charge < -0.3 is 9.47 Å². The second-order valence-electron chi connectivity index (χ2n) is 12.4. The van der Waals surface area contributed by atoms with Gasteiger partial charge in [0.1, 0.15) is 22.8 Å². The van der Waals surface area contributed by atoms with Crippen molar-refractivity contribution in [2.45, 2.75) is 67.5 Å². The maximum absolute atomic E-state index is 13.9.